The van der Waals surface area contributed by atoms with E-state index in [9.17, 15) is 0 Å². The molecule has 9 aromatic carbocycles. The molecule has 0 aliphatic heterocycles. The maximum Gasteiger partial charge on any atom is 0.0728 e. The number of para-hydroxylation sites is 1. The largest absolute Gasteiger partial charge is 0.310 e. The molecule has 10 aromatic rings. The maximum absolute atomic E-state index is 2.37. The molecule has 278 valence electrons. The minimum atomic E-state index is -0.449. The van der Waals surface area contributed by atoms with Crippen LogP contribution < -0.4 is 4.90 Å². The van der Waals surface area contributed by atoms with Crippen molar-refractivity contribution in [2.45, 2.75) is 5.41 Å². The Hall–Kier alpha value is -7.26. The minimum Gasteiger partial charge on any atom is -0.310 e. The van der Waals surface area contributed by atoms with Gasteiger partial charge in [0.05, 0.1) is 5.41 Å². The average molecular weight is 770 g/mol. The molecule has 0 spiro atoms. The first-order valence-corrected chi connectivity index (χ1v) is 21.1. The van der Waals surface area contributed by atoms with Crippen LogP contribution in [0, 0.1) is 0 Å². The third-order valence-electron chi connectivity index (χ3n) is 12.0. The molecule has 0 atom stereocenters. The number of fused-ring (bicyclic) bond motifs is 5. The van der Waals surface area contributed by atoms with E-state index in [0.29, 0.717) is 0 Å². The molecule has 1 aliphatic carbocycles. The van der Waals surface area contributed by atoms with Gasteiger partial charge in [-0.15, -0.1) is 11.3 Å². The summed E-state index contributed by atoms with van der Waals surface area (Å²) in [6.45, 7) is 0. The van der Waals surface area contributed by atoms with Crippen molar-refractivity contribution >= 4 is 38.5 Å². The van der Waals surface area contributed by atoms with E-state index in [1.807, 2.05) is 11.3 Å². The van der Waals surface area contributed by atoms with E-state index in [1.54, 1.807) is 0 Å². The topological polar surface area (TPSA) is 3.24 Å². The summed E-state index contributed by atoms with van der Waals surface area (Å²) in [5.74, 6) is 0. The summed E-state index contributed by atoms with van der Waals surface area (Å²) in [7, 11) is 0. The number of hydrogen-bond acceptors (Lipinski definition) is 2. The van der Waals surface area contributed by atoms with Crippen LogP contribution in [-0.2, 0) is 5.41 Å². The van der Waals surface area contributed by atoms with Gasteiger partial charge in [-0.25, -0.2) is 0 Å². The van der Waals surface area contributed by atoms with Crippen molar-refractivity contribution in [3.63, 3.8) is 0 Å². The molecule has 0 N–H and O–H groups in total. The zero-order valence-corrected chi connectivity index (χ0v) is 33.2. The predicted molar refractivity (Wildman–Crippen MR) is 250 cm³/mol. The molecule has 0 bridgehead atoms. The molecule has 0 fully saturated rings. The van der Waals surface area contributed by atoms with Gasteiger partial charge in [0.1, 0.15) is 0 Å². The van der Waals surface area contributed by atoms with Gasteiger partial charge in [-0.2, -0.15) is 0 Å². The molecule has 0 amide bonds. The second-order valence-electron chi connectivity index (χ2n) is 15.2. The van der Waals surface area contributed by atoms with Crippen LogP contribution in [0.25, 0.3) is 53.9 Å². The fourth-order valence-corrected chi connectivity index (χ4v) is 10.7. The first-order chi connectivity index (χ1) is 29.3. The van der Waals surface area contributed by atoms with Crippen molar-refractivity contribution in [3.8, 4) is 43.8 Å². The van der Waals surface area contributed by atoms with Crippen molar-refractivity contribution in [2.24, 2.45) is 0 Å². The smallest absolute Gasteiger partial charge is 0.0728 e. The van der Waals surface area contributed by atoms with E-state index < -0.39 is 5.41 Å². The van der Waals surface area contributed by atoms with Crippen LogP contribution >= 0.6 is 11.3 Å². The van der Waals surface area contributed by atoms with Crippen molar-refractivity contribution in [3.05, 3.63) is 259 Å². The van der Waals surface area contributed by atoms with Gasteiger partial charge in [-0.1, -0.05) is 194 Å². The lowest BCUT2D eigenvalue weighted by atomic mass is 9.67. The summed E-state index contributed by atoms with van der Waals surface area (Å²) in [5.41, 5.74) is 16.8. The Balaban J connectivity index is 1.01. The second-order valence-corrected chi connectivity index (χ2v) is 16.3. The SMILES string of the molecule is c1ccc(-c2ccc(N(c3ccccc3)c3cccc(-c4ccc(-c5cccc6c5-c5sc7ccccc7c5C6(c5ccccc5)c5ccccc5)cc4)c3)cc2)cc1. The number of hydrogen-bond donors (Lipinski definition) is 0. The lowest BCUT2D eigenvalue weighted by Crippen LogP contribution is -2.28. The Morgan fingerprint density at radius 3 is 1.54 bits per heavy atom. The number of benzene rings is 9. The maximum atomic E-state index is 2.37. The highest BCUT2D eigenvalue weighted by molar-refractivity contribution is 7.22. The summed E-state index contributed by atoms with van der Waals surface area (Å²) >= 11 is 1.92. The molecule has 2 heteroatoms. The average Bonchev–Trinajstić information content (AvgIpc) is 3.84. The molecule has 0 saturated carbocycles. The summed E-state index contributed by atoms with van der Waals surface area (Å²) in [4.78, 5) is 3.70. The molecule has 0 unspecified atom stereocenters. The van der Waals surface area contributed by atoms with Crippen LogP contribution in [0.2, 0.25) is 0 Å². The quantitative estimate of drug-likeness (QED) is 0.149. The second kappa shape index (κ2) is 14.6. The lowest BCUT2D eigenvalue weighted by Gasteiger charge is -2.34. The molecular formula is C57H39NS. The third-order valence-corrected chi connectivity index (χ3v) is 13.1. The molecule has 1 nitrogen and oxygen atoms in total. The molecule has 59 heavy (non-hydrogen) atoms. The third kappa shape index (κ3) is 5.83. The van der Waals surface area contributed by atoms with Crippen LogP contribution in [0.1, 0.15) is 22.3 Å². The summed E-state index contributed by atoms with van der Waals surface area (Å²) in [5, 5.41) is 1.33. The Labute approximate surface area is 349 Å². The van der Waals surface area contributed by atoms with Crippen molar-refractivity contribution in [1.82, 2.24) is 0 Å². The van der Waals surface area contributed by atoms with Crippen molar-refractivity contribution in [1.29, 1.82) is 0 Å². The van der Waals surface area contributed by atoms with Gasteiger partial charge in [-0.3, -0.25) is 0 Å². The van der Waals surface area contributed by atoms with Gasteiger partial charge < -0.3 is 4.90 Å². The molecule has 0 radical (unpaired) electrons. The predicted octanol–water partition coefficient (Wildman–Crippen LogP) is 15.7. The van der Waals surface area contributed by atoms with E-state index in [1.165, 1.54) is 76.2 Å². The lowest BCUT2D eigenvalue weighted by molar-refractivity contribution is 0.777. The highest BCUT2D eigenvalue weighted by atomic mass is 32.1. The van der Waals surface area contributed by atoms with Crippen molar-refractivity contribution < 1.29 is 0 Å². The first kappa shape index (κ1) is 34.9. The molecule has 0 saturated heterocycles. The number of nitrogens with zero attached hydrogens (tertiary/aromatic N) is 1. The number of rotatable bonds is 8. The van der Waals surface area contributed by atoms with Crippen LogP contribution in [0.5, 0.6) is 0 Å². The molecule has 1 heterocycles. The van der Waals surface area contributed by atoms with Gasteiger partial charge in [0.25, 0.3) is 0 Å². The minimum absolute atomic E-state index is 0.449. The van der Waals surface area contributed by atoms with Crippen LogP contribution in [0.15, 0.2) is 237 Å². The van der Waals surface area contributed by atoms with Gasteiger partial charge in [0.2, 0.25) is 0 Å². The van der Waals surface area contributed by atoms with Gasteiger partial charge in [-0.05, 0) is 103 Å². The van der Waals surface area contributed by atoms with Gasteiger partial charge >= 0.3 is 0 Å². The Morgan fingerprint density at radius 1 is 0.356 bits per heavy atom. The highest BCUT2D eigenvalue weighted by Gasteiger charge is 2.49. The van der Waals surface area contributed by atoms with Crippen LogP contribution in [-0.4, -0.2) is 0 Å². The molecule has 11 rings (SSSR count). The van der Waals surface area contributed by atoms with Crippen LogP contribution in [0.3, 0.4) is 0 Å². The Morgan fingerprint density at radius 2 is 0.847 bits per heavy atom. The molecular weight excluding hydrogens is 731 g/mol. The summed E-state index contributed by atoms with van der Waals surface area (Å²) in [6.07, 6.45) is 0. The number of anilines is 3. The van der Waals surface area contributed by atoms with E-state index in [0.717, 1.165) is 17.1 Å². The monoisotopic (exact) mass is 769 g/mol. The zero-order chi connectivity index (χ0) is 39.2. The fourth-order valence-electron chi connectivity index (χ4n) is 9.35. The van der Waals surface area contributed by atoms with Gasteiger partial charge in [0, 0.05) is 32.2 Å². The molecule has 1 aliphatic rings. The normalized spacial score (nSPS) is 12.5. The zero-order valence-electron chi connectivity index (χ0n) is 32.4. The Bertz CT molecular complexity index is 3020. The Kier molecular flexibility index (Phi) is 8.65. The highest BCUT2D eigenvalue weighted by Crippen LogP contribution is 2.62. The van der Waals surface area contributed by atoms with E-state index in [2.05, 4.69) is 241 Å². The van der Waals surface area contributed by atoms with Crippen LogP contribution in [0.4, 0.5) is 17.1 Å². The van der Waals surface area contributed by atoms with E-state index in [4.69, 9.17) is 0 Å². The van der Waals surface area contributed by atoms with E-state index in [-0.39, 0.29) is 0 Å². The fraction of sp³-hybridized carbons (Fsp3) is 0.0175. The summed E-state index contributed by atoms with van der Waals surface area (Å²) in [6, 6.07) is 86.3. The summed E-state index contributed by atoms with van der Waals surface area (Å²) < 4.78 is 1.32. The first-order valence-electron chi connectivity index (χ1n) is 20.3. The standard InChI is InChI=1S/C57H39NS/c1-5-17-40(18-6-1)41-35-37-48(38-36-41)58(47-24-11-4-12-25-47)49-26-15-19-44(39-49)42-31-33-43(34-32-42)50-28-16-29-52-54(50)56-55(51-27-13-14-30-53(51)59-56)57(52,45-20-7-2-8-21-45)46-22-9-3-10-23-46/h1-39H. The van der Waals surface area contributed by atoms with Crippen molar-refractivity contribution in [2.75, 3.05) is 4.90 Å². The molecule has 1 aromatic heterocycles. The van der Waals surface area contributed by atoms with Gasteiger partial charge in [0.15, 0.2) is 0 Å². The number of thiophene rings is 1. The van der Waals surface area contributed by atoms with E-state index >= 15 is 0 Å².